The smallest absolute Gasteiger partial charge is 0.408 e. The average Bonchev–Trinajstić information content (AvgIpc) is 2.89. The van der Waals surface area contributed by atoms with Crippen LogP contribution in [0, 0.1) is 13.8 Å². The van der Waals surface area contributed by atoms with Crippen LogP contribution in [0.5, 0.6) is 0 Å². The number of benzene rings is 1. The summed E-state index contributed by atoms with van der Waals surface area (Å²) >= 11 is 1.57. The minimum atomic E-state index is -0.941. The van der Waals surface area contributed by atoms with Gasteiger partial charge in [-0.05, 0) is 77.5 Å². The number of nitrogens with one attached hydrogen (secondary N) is 2. The van der Waals surface area contributed by atoms with E-state index in [1.165, 1.54) is 0 Å². The number of carbonyl (C=O) groups is 4. The van der Waals surface area contributed by atoms with Crippen molar-refractivity contribution < 1.29 is 28.7 Å². The summed E-state index contributed by atoms with van der Waals surface area (Å²) in [5.41, 5.74) is 1.90. The van der Waals surface area contributed by atoms with E-state index < -0.39 is 29.7 Å². The van der Waals surface area contributed by atoms with Crippen LogP contribution in [0.15, 0.2) is 18.2 Å². The minimum absolute atomic E-state index is 0.0285. The number of nitrogens with zero attached hydrogens (tertiary/aromatic N) is 1. The average molecular weight is 608 g/mol. The van der Waals surface area contributed by atoms with Crippen molar-refractivity contribution in [2.75, 3.05) is 31.7 Å². The minimum Gasteiger partial charge on any atom is -0.466 e. The van der Waals surface area contributed by atoms with Crippen molar-refractivity contribution in [1.29, 1.82) is 0 Å². The molecule has 1 aromatic carbocycles. The summed E-state index contributed by atoms with van der Waals surface area (Å²) in [6.07, 6.45) is 6.53. The third-order valence-corrected chi connectivity index (χ3v) is 7.24. The van der Waals surface area contributed by atoms with E-state index >= 15 is 0 Å². The van der Waals surface area contributed by atoms with Crippen molar-refractivity contribution in [2.24, 2.45) is 0 Å². The number of rotatable bonds is 18. The van der Waals surface area contributed by atoms with E-state index in [0.29, 0.717) is 30.7 Å². The maximum absolute atomic E-state index is 14.3. The molecule has 0 aliphatic rings. The number of unbranched alkanes of at least 4 members (excludes halogenated alkanes) is 4. The molecule has 2 atom stereocenters. The highest BCUT2D eigenvalue weighted by atomic mass is 32.2. The van der Waals surface area contributed by atoms with E-state index in [1.54, 1.807) is 44.4 Å². The summed E-state index contributed by atoms with van der Waals surface area (Å²) < 4.78 is 10.5. The Hall–Kier alpha value is -2.75. The predicted molar refractivity (Wildman–Crippen MR) is 170 cm³/mol. The number of hydrogen-bond acceptors (Lipinski definition) is 7. The number of aryl methyl sites for hydroxylation is 2. The van der Waals surface area contributed by atoms with Crippen molar-refractivity contribution in [3.63, 3.8) is 0 Å². The van der Waals surface area contributed by atoms with Gasteiger partial charge >= 0.3 is 12.1 Å². The van der Waals surface area contributed by atoms with Crippen molar-refractivity contribution in [3.8, 4) is 0 Å². The number of hydrogen-bond donors (Lipinski definition) is 2. The summed E-state index contributed by atoms with van der Waals surface area (Å²) in [5.74, 6) is -0.482. The van der Waals surface area contributed by atoms with Gasteiger partial charge in [-0.15, -0.1) is 0 Å². The molecule has 0 fully saturated rings. The quantitative estimate of drug-likeness (QED) is 0.159. The standard InChI is InChI=1S/C32H53N3O6S/c1-9-11-12-13-14-20-35(30(38)26(18-21-42-8)34-31(39)41-32(5,6)7)28(25-16-15-23(3)22-24(25)4)29(37)33-19-17-27(36)40-10-2/h15-16,22,26,28H,9-14,17-21H2,1-8H3,(H,33,37)(H,34,39). The van der Waals surface area contributed by atoms with Gasteiger partial charge in [0, 0.05) is 13.1 Å². The number of amides is 3. The van der Waals surface area contributed by atoms with Gasteiger partial charge in [-0.2, -0.15) is 11.8 Å². The first-order valence-electron chi connectivity index (χ1n) is 15.1. The third kappa shape index (κ3) is 13.9. The molecule has 1 rings (SSSR count). The number of ether oxygens (including phenoxy) is 2. The molecule has 0 saturated carbocycles. The largest absolute Gasteiger partial charge is 0.466 e. The second-order valence-corrected chi connectivity index (χ2v) is 12.5. The van der Waals surface area contributed by atoms with Gasteiger partial charge in [0.05, 0.1) is 13.0 Å². The first-order valence-corrected chi connectivity index (χ1v) is 16.5. The van der Waals surface area contributed by atoms with Crippen LogP contribution in [0.1, 0.15) is 102 Å². The topological polar surface area (TPSA) is 114 Å². The fraction of sp³-hybridized carbons (Fsp3) is 0.688. The Morgan fingerprint density at radius 1 is 1.02 bits per heavy atom. The van der Waals surface area contributed by atoms with Gasteiger partial charge in [0.1, 0.15) is 17.7 Å². The normalized spacial score (nSPS) is 12.7. The van der Waals surface area contributed by atoms with Crippen LogP contribution in [-0.4, -0.2) is 72.1 Å². The number of thioether (sulfide) groups is 1. The molecule has 0 aliphatic heterocycles. The molecule has 0 spiro atoms. The number of alkyl carbamates (subject to hydrolysis) is 1. The lowest BCUT2D eigenvalue weighted by Crippen LogP contribution is -2.53. The first kappa shape index (κ1) is 37.3. The molecule has 2 N–H and O–H groups in total. The zero-order valence-corrected chi connectivity index (χ0v) is 27.8. The highest BCUT2D eigenvalue weighted by Gasteiger charge is 2.36. The van der Waals surface area contributed by atoms with Crippen molar-refractivity contribution in [3.05, 3.63) is 34.9 Å². The maximum atomic E-state index is 14.3. The Morgan fingerprint density at radius 2 is 1.71 bits per heavy atom. The van der Waals surface area contributed by atoms with Crippen LogP contribution < -0.4 is 10.6 Å². The van der Waals surface area contributed by atoms with E-state index in [2.05, 4.69) is 17.6 Å². The van der Waals surface area contributed by atoms with Crippen LogP contribution >= 0.6 is 11.8 Å². The van der Waals surface area contributed by atoms with Gasteiger partial charge in [0.2, 0.25) is 11.8 Å². The predicted octanol–water partition coefficient (Wildman–Crippen LogP) is 5.86. The Bertz CT molecular complexity index is 1010. The van der Waals surface area contributed by atoms with E-state index in [4.69, 9.17) is 9.47 Å². The lowest BCUT2D eigenvalue weighted by atomic mass is 9.96. The third-order valence-electron chi connectivity index (χ3n) is 6.60. The van der Waals surface area contributed by atoms with E-state index in [0.717, 1.165) is 36.8 Å². The van der Waals surface area contributed by atoms with Gasteiger partial charge in [-0.3, -0.25) is 14.4 Å². The summed E-state index contributed by atoms with van der Waals surface area (Å²) in [6, 6.07) is 3.99. The van der Waals surface area contributed by atoms with Crippen LogP contribution in [0.2, 0.25) is 0 Å². The van der Waals surface area contributed by atoms with Crippen molar-refractivity contribution in [2.45, 2.75) is 111 Å². The maximum Gasteiger partial charge on any atom is 0.408 e. The molecule has 42 heavy (non-hydrogen) atoms. The molecule has 238 valence electrons. The second-order valence-electron chi connectivity index (χ2n) is 11.5. The molecule has 0 radical (unpaired) electrons. The molecular weight excluding hydrogens is 554 g/mol. The zero-order valence-electron chi connectivity index (χ0n) is 27.0. The zero-order chi connectivity index (χ0) is 31.7. The second kappa shape index (κ2) is 19.4. The molecule has 10 heteroatoms. The van der Waals surface area contributed by atoms with Crippen molar-refractivity contribution in [1.82, 2.24) is 15.5 Å². The van der Waals surface area contributed by atoms with E-state index in [1.807, 2.05) is 38.3 Å². The molecule has 1 aromatic rings. The monoisotopic (exact) mass is 607 g/mol. The fourth-order valence-electron chi connectivity index (χ4n) is 4.60. The van der Waals surface area contributed by atoms with Gasteiger partial charge < -0.3 is 25.0 Å². The molecule has 2 unspecified atom stereocenters. The highest BCUT2D eigenvalue weighted by Crippen LogP contribution is 2.28. The Morgan fingerprint density at radius 3 is 2.31 bits per heavy atom. The number of esters is 1. The molecule has 0 aliphatic carbocycles. The summed E-state index contributed by atoms with van der Waals surface area (Å²) in [4.78, 5) is 54.5. The highest BCUT2D eigenvalue weighted by molar-refractivity contribution is 7.98. The molecule has 9 nitrogen and oxygen atoms in total. The lowest BCUT2D eigenvalue weighted by Gasteiger charge is -2.35. The van der Waals surface area contributed by atoms with E-state index in [-0.39, 0.29) is 31.4 Å². The molecule has 0 saturated heterocycles. The molecule has 3 amide bonds. The Labute approximate surface area is 257 Å². The summed E-state index contributed by atoms with van der Waals surface area (Å²) in [6.45, 7) is 13.8. The van der Waals surface area contributed by atoms with Crippen LogP contribution in [0.3, 0.4) is 0 Å². The van der Waals surface area contributed by atoms with Gasteiger partial charge in [-0.1, -0.05) is 56.4 Å². The Kier molecular flexibility index (Phi) is 17.3. The lowest BCUT2D eigenvalue weighted by molar-refractivity contribution is -0.144. The summed E-state index contributed by atoms with van der Waals surface area (Å²) in [5, 5.41) is 5.64. The molecule has 0 heterocycles. The SMILES string of the molecule is CCCCCCCN(C(=O)C(CCSC)NC(=O)OC(C)(C)C)C(C(=O)NCCC(=O)OCC)c1ccc(C)cc1C. The van der Waals surface area contributed by atoms with E-state index in [9.17, 15) is 19.2 Å². The molecule has 0 bridgehead atoms. The van der Waals surface area contributed by atoms with Gasteiger partial charge in [-0.25, -0.2) is 4.79 Å². The van der Waals surface area contributed by atoms with Gasteiger partial charge in [0.15, 0.2) is 0 Å². The van der Waals surface area contributed by atoms with Crippen molar-refractivity contribution >= 4 is 35.6 Å². The first-order chi connectivity index (χ1) is 19.8. The summed E-state index contributed by atoms with van der Waals surface area (Å²) in [7, 11) is 0. The Balaban J connectivity index is 3.48. The molecular formula is C32H53N3O6S. The molecule has 0 aromatic heterocycles. The van der Waals surface area contributed by atoms with Crippen LogP contribution in [0.25, 0.3) is 0 Å². The fourth-order valence-corrected chi connectivity index (χ4v) is 5.07. The van der Waals surface area contributed by atoms with Crippen LogP contribution in [0.4, 0.5) is 4.79 Å². The van der Waals surface area contributed by atoms with Crippen LogP contribution in [-0.2, 0) is 23.9 Å². The number of carbonyl (C=O) groups excluding carboxylic acids is 4. The van der Waals surface area contributed by atoms with Gasteiger partial charge in [0.25, 0.3) is 0 Å².